The van der Waals surface area contributed by atoms with E-state index < -0.39 is 24.1 Å². The zero-order valence-corrected chi connectivity index (χ0v) is 55.9. The summed E-state index contributed by atoms with van der Waals surface area (Å²) in [6.45, 7) is 32.6. The van der Waals surface area contributed by atoms with Gasteiger partial charge in [0.05, 0.1) is 78.5 Å². The van der Waals surface area contributed by atoms with Crippen molar-refractivity contribution in [2.75, 3.05) is 78.5 Å². The molecular formula is C75H105N6O7P. The van der Waals surface area contributed by atoms with Crippen LogP contribution < -0.4 is 31.9 Å². The van der Waals surface area contributed by atoms with E-state index in [1.54, 1.807) is 0 Å². The number of carbonyl (C=O) groups is 3. The second kappa shape index (κ2) is 32.1. The molecule has 3 heterocycles. The van der Waals surface area contributed by atoms with Crippen LogP contribution in [0.15, 0.2) is 164 Å². The highest BCUT2D eigenvalue weighted by molar-refractivity contribution is 7.40. The molecule has 482 valence electrons. The Bertz CT molecular complexity index is 2920. The topological polar surface area (TPSA) is 216 Å². The summed E-state index contributed by atoms with van der Waals surface area (Å²) in [5.74, 6) is 1.65. The number of phosphoric acid groups is 1. The van der Waals surface area contributed by atoms with Crippen molar-refractivity contribution in [1.82, 2.24) is 0 Å². The summed E-state index contributed by atoms with van der Waals surface area (Å²) < 4.78 is 11.5. The predicted molar refractivity (Wildman–Crippen MR) is 358 cm³/mol. The number of primary amides is 3. The average molecular weight is 1230 g/mol. The van der Waals surface area contributed by atoms with Gasteiger partial charge in [-0.05, 0) is 108 Å². The first-order chi connectivity index (χ1) is 42.4. The number of quaternary nitrogens is 3. The first-order valence-electron chi connectivity index (χ1n) is 33.0. The van der Waals surface area contributed by atoms with E-state index in [-0.39, 0.29) is 17.7 Å². The fourth-order valence-electron chi connectivity index (χ4n) is 14.4. The smallest absolute Gasteiger partial charge is 0.234 e. The fraction of sp³-hybridized carbons (Fsp3) is 0.480. The van der Waals surface area contributed by atoms with Gasteiger partial charge in [-0.25, -0.2) is 0 Å². The normalized spacial score (nSPS) is 24.8. The van der Waals surface area contributed by atoms with Gasteiger partial charge < -0.3 is 49.9 Å². The van der Waals surface area contributed by atoms with Crippen molar-refractivity contribution >= 4 is 25.5 Å². The second-order valence-corrected chi connectivity index (χ2v) is 27.4. The quantitative estimate of drug-likeness (QED) is 0.0393. The van der Waals surface area contributed by atoms with E-state index in [2.05, 4.69) is 190 Å². The summed E-state index contributed by atoms with van der Waals surface area (Å²) in [4.78, 5) is 64.4. The Labute approximate surface area is 533 Å². The van der Waals surface area contributed by atoms with E-state index in [0.717, 1.165) is 179 Å². The Balaban J connectivity index is 0.000000205. The van der Waals surface area contributed by atoms with Crippen LogP contribution in [-0.2, 0) is 35.2 Å². The minimum absolute atomic E-state index is 0.173. The molecule has 0 aromatic heterocycles. The number of amides is 3. The van der Waals surface area contributed by atoms with Crippen LogP contribution in [0.2, 0.25) is 0 Å². The van der Waals surface area contributed by atoms with Gasteiger partial charge in [0, 0.05) is 19.3 Å². The summed E-state index contributed by atoms with van der Waals surface area (Å²) >= 11 is 0. The standard InChI is InChI=1S/3C25H34N2O.H3O4P/c3*1-4-20(3)15-17-27(5-2)18-16-25(19-27,24(26)28)23-14-10-9-13-22(23)21-11-7-6-8-12-21;1-5(2,3)4/h3*6-14,20H,4-5,15-19H2,1-3H3,(H-,26,28);(H3,1,2,3,4). The van der Waals surface area contributed by atoms with Crippen molar-refractivity contribution in [2.45, 2.75) is 136 Å². The molecule has 6 aromatic rings. The maximum absolute atomic E-state index is 12.9. The summed E-state index contributed by atoms with van der Waals surface area (Å²) in [5.41, 5.74) is 26.8. The van der Waals surface area contributed by atoms with Gasteiger partial charge in [0.1, 0.15) is 16.2 Å². The van der Waals surface area contributed by atoms with Crippen LogP contribution in [-0.4, -0.2) is 110 Å². The van der Waals surface area contributed by atoms with E-state index in [4.69, 9.17) is 36.4 Å². The predicted octanol–water partition coefficient (Wildman–Crippen LogP) is 11.4. The molecule has 0 spiro atoms. The zero-order chi connectivity index (χ0) is 65.1. The van der Waals surface area contributed by atoms with Crippen molar-refractivity contribution in [1.29, 1.82) is 0 Å². The molecule has 0 aliphatic carbocycles. The van der Waals surface area contributed by atoms with Crippen molar-refractivity contribution < 1.29 is 47.1 Å². The van der Waals surface area contributed by atoms with E-state index in [9.17, 15) is 14.4 Å². The number of nitrogens with two attached hydrogens (primary N) is 3. The van der Waals surface area contributed by atoms with Gasteiger partial charge in [-0.3, -0.25) is 14.4 Å². The van der Waals surface area contributed by atoms with Crippen molar-refractivity contribution in [3.8, 4) is 33.4 Å². The molecule has 89 heavy (non-hydrogen) atoms. The second-order valence-electron chi connectivity index (χ2n) is 26.5. The first-order valence-corrected chi connectivity index (χ1v) is 34.5. The van der Waals surface area contributed by atoms with Gasteiger partial charge in [0.2, 0.25) is 17.7 Å². The molecular weight excluding hydrogens is 1130 g/mol. The minimum Gasteiger partial charge on any atom is -0.822 e. The lowest BCUT2D eigenvalue weighted by Gasteiger charge is -2.37. The van der Waals surface area contributed by atoms with Crippen LogP contribution in [0.5, 0.6) is 0 Å². The highest BCUT2D eigenvalue weighted by atomic mass is 31.2. The van der Waals surface area contributed by atoms with E-state index in [0.29, 0.717) is 0 Å². The SMILES string of the molecule is CCC(C)CC[N+]1(CC)CCC(C(N)=O)(c2ccccc2-c2ccccc2)C1.CCC(C)CC[N+]1(CC)CCC(C(N)=O)(c2ccccc2-c2ccccc2)C1.CCC(C)CC[N+]1(CC)CCC(C(N)=O)(c2ccccc2-c2ccccc2)C1.O=P([O-])([O-])[O-]. The number of nitrogens with zero attached hydrogens (tertiary/aromatic N) is 3. The average Bonchev–Trinajstić information content (AvgIpc) is 1.67. The van der Waals surface area contributed by atoms with Gasteiger partial charge in [-0.1, -0.05) is 225 Å². The van der Waals surface area contributed by atoms with Crippen LogP contribution in [0.4, 0.5) is 0 Å². The molecule has 3 aliphatic heterocycles. The Morgan fingerprint density at radius 1 is 0.404 bits per heavy atom. The molecule has 9 rings (SSSR count). The Morgan fingerprint density at radius 3 is 0.820 bits per heavy atom. The highest BCUT2D eigenvalue weighted by Crippen LogP contribution is 2.46. The third-order valence-corrected chi connectivity index (χ3v) is 21.2. The summed E-state index contributed by atoms with van der Waals surface area (Å²) in [6, 6.07) is 56.2. The van der Waals surface area contributed by atoms with Crippen LogP contribution in [0.25, 0.3) is 33.4 Å². The number of rotatable bonds is 24. The molecule has 6 N–H and O–H groups in total. The number of carbonyl (C=O) groups excluding carboxylic acids is 3. The zero-order valence-electron chi connectivity index (χ0n) is 55.0. The summed E-state index contributed by atoms with van der Waals surface area (Å²) in [7, 11) is -5.39. The monoisotopic (exact) mass is 1230 g/mol. The molecule has 3 fully saturated rings. The van der Waals surface area contributed by atoms with Crippen molar-refractivity contribution in [3.05, 3.63) is 180 Å². The van der Waals surface area contributed by atoms with Crippen molar-refractivity contribution in [2.24, 2.45) is 35.0 Å². The molecule has 0 bridgehead atoms. The Kier molecular flexibility index (Phi) is 25.9. The lowest BCUT2D eigenvalue weighted by atomic mass is 9.75. The van der Waals surface area contributed by atoms with Gasteiger partial charge in [-0.15, -0.1) is 0 Å². The van der Waals surface area contributed by atoms with Crippen LogP contribution in [0, 0.1) is 17.8 Å². The molecule has 0 saturated carbocycles. The van der Waals surface area contributed by atoms with Gasteiger partial charge in [0.25, 0.3) is 0 Å². The number of hydrogen-bond donors (Lipinski definition) is 3. The van der Waals surface area contributed by atoms with E-state index in [1.165, 1.54) is 38.5 Å². The largest absolute Gasteiger partial charge is 0.822 e. The number of hydrogen-bond acceptors (Lipinski definition) is 7. The maximum Gasteiger partial charge on any atom is 0.234 e. The third kappa shape index (κ3) is 17.8. The number of likely N-dealkylation sites (N-methyl/N-ethyl adjacent to an activating group) is 3. The number of likely N-dealkylation sites (tertiary alicyclic amines) is 3. The van der Waals surface area contributed by atoms with Crippen LogP contribution in [0.3, 0.4) is 0 Å². The van der Waals surface area contributed by atoms with E-state index in [1.807, 2.05) is 36.4 Å². The van der Waals surface area contributed by atoms with E-state index >= 15 is 0 Å². The van der Waals surface area contributed by atoms with Crippen molar-refractivity contribution in [3.63, 3.8) is 0 Å². The molecule has 9 atom stereocenters. The van der Waals surface area contributed by atoms with Crippen LogP contribution >= 0.6 is 7.82 Å². The van der Waals surface area contributed by atoms with Crippen LogP contribution in [0.1, 0.15) is 137 Å². The number of benzene rings is 6. The molecule has 9 unspecified atom stereocenters. The van der Waals surface area contributed by atoms with Gasteiger partial charge in [-0.2, -0.15) is 7.82 Å². The van der Waals surface area contributed by atoms with Gasteiger partial charge >= 0.3 is 0 Å². The summed E-state index contributed by atoms with van der Waals surface area (Å²) in [6.07, 6.45) is 9.75. The molecule has 3 saturated heterocycles. The molecule has 13 nitrogen and oxygen atoms in total. The molecule has 0 radical (unpaired) electrons. The molecule has 6 aromatic carbocycles. The first kappa shape index (κ1) is 71.8. The molecule has 14 heteroatoms. The lowest BCUT2D eigenvalue weighted by molar-refractivity contribution is -0.916. The molecule has 3 aliphatic rings. The highest BCUT2D eigenvalue weighted by Gasteiger charge is 2.56. The lowest BCUT2D eigenvalue weighted by Crippen LogP contribution is -2.52. The Hall–Kier alpha value is -6.28. The summed E-state index contributed by atoms with van der Waals surface area (Å²) in [5, 5.41) is 0. The third-order valence-electron chi connectivity index (χ3n) is 21.2. The maximum atomic E-state index is 12.9. The van der Waals surface area contributed by atoms with Gasteiger partial charge in [0.15, 0.2) is 0 Å². The fourth-order valence-corrected chi connectivity index (χ4v) is 14.4. The molecule has 3 amide bonds. The Morgan fingerprint density at radius 2 is 0.618 bits per heavy atom. The minimum atomic E-state index is -5.39.